The molecule has 8 nitrogen and oxygen atoms in total. The zero-order chi connectivity index (χ0) is 21.3. The first-order chi connectivity index (χ1) is 14.5. The normalized spacial score (nSPS) is 10.9. The van der Waals surface area contributed by atoms with Crippen LogP contribution in [-0.2, 0) is 6.54 Å². The van der Waals surface area contributed by atoms with Gasteiger partial charge in [0.05, 0.1) is 34.0 Å². The number of para-hydroxylation sites is 1. The minimum Gasteiger partial charge on any atom is -0.277 e. The van der Waals surface area contributed by atoms with Crippen molar-refractivity contribution >= 4 is 38.7 Å². The third-order valence-electron chi connectivity index (χ3n) is 4.79. The molecule has 0 bridgehead atoms. The van der Waals surface area contributed by atoms with E-state index in [9.17, 15) is 9.59 Å². The first kappa shape index (κ1) is 19.8. The van der Waals surface area contributed by atoms with E-state index in [2.05, 4.69) is 36.9 Å². The predicted octanol–water partition coefficient (Wildman–Crippen LogP) is 3.43. The van der Waals surface area contributed by atoms with Crippen molar-refractivity contribution in [3.05, 3.63) is 80.8 Å². The van der Waals surface area contributed by atoms with Gasteiger partial charge >= 0.3 is 0 Å². The number of hydrogen-bond acceptors (Lipinski definition) is 5. The van der Waals surface area contributed by atoms with Gasteiger partial charge in [0, 0.05) is 11.0 Å². The average molecular weight is 467 g/mol. The number of carbonyl (C=O) groups excluding carboxylic acids is 1. The van der Waals surface area contributed by atoms with E-state index < -0.39 is 0 Å². The maximum absolute atomic E-state index is 12.7. The minimum atomic E-state index is -0.374. The molecule has 4 rings (SSSR count). The van der Waals surface area contributed by atoms with Gasteiger partial charge < -0.3 is 0 Å². The van der Waals surface area contributed by atoms with Crippen molar-refractivity contribution in [3.63, 3.8) is 0 Å². The number of hydrazine groups is 1. The Kier molecular flexibility index (Phi) is 5.37. The molecule has 30 heavy (non-hydrogen) atoms. The summed E-state index contributed by atoms with van der Waals surface area (Å²) in [6.45, 7) is 4.08. The molecule has 0 atom stereocenters. The molecular formula is C21H19BrN6O2. The fourth-order valence-corrected chi connectivity index (χ4v) is 3.48. The Morgan fingerprint density at radius 3 is 2.60 bits per heavy atom. The van der Waals surface area contributed by atoms with Gasteiger partial charge in [0.25, 0.3) is 11.5 Å². The van der Waals surface area contributed by atoms with Crippen LogP contribution in [0.3, 0.4) is 0 Å². The van der Waals surface area contributed by atoms with Gasteiger partial charge in [-0.3, -0.25) is 25.0 Å². The number of nitrogens with one attached hydrogen (secondary N) is 2. The van der Waals surface area contributed by atoms with Gasteiger partial charge in [-0.2, -0.15) is 5.10 Å². The number of halogens is 1. The third kappa shape index (κ3) is 3.59. The third-order valence-corrected chi connectivity index (χ3v) is 5.32. The average Bonchev–Trinajstić information content (AvgIpc) is 3.14. The van der Waals surface area contributed by atoms with Crippen molar-refractivity contribution < 1.29 is 4.79 Å². The highest BCUT2D eigenvalue weighted by Gasteiger charge is 2.16. The van der Waals surface area contributed by atoms with Crippen LogP contribution in [0.5, 0.6) is 0 Å². The maximum atomic E-state index is 12.7. The fourth-order valence-electron chi connectivity index (χ4n) is 3.21. The Balaban J connectivity index is 1.59. The molecule has 0 aliphatic heterocycles. The van der Waals surface area contributed by atoms with Crippen molar-refractivity contribution in [2.24, 2.45) is 0 Å². The molecule has 2 heterocycles. The molecule has 2 N–H and O–H groups in total. The van der Waals surface area contributed by atoms with Crippen molar-refractivity contribution in [1.82, 2.24) is 24.8 Å². The predicted molar refractivity (Wildman–Crippen MR) is 119 cm³/mol. The highest BCUT2D eigenvalue weighted by Crippen LogP contribution is 2.17. The molecular weight excluding hydrogens is 448 g/mol. The molecule has 0 fully saturated rings. The molecule has 0 saturated heterocycles. The van der Waals surface area contributed by atoms with Crippen LogP contribution in [0.15, 0.2) is 64.0 Å². The van der Waals surface area contributed by atoms with Crippen LogP contribution in [0.2, 0.25) is 0 Å². The number of aromatic nitrogens is 4. The quantitative estimate of drug-likeness (QED) is 0.439. The van der Waals surface area contributed by atoms with E-state index in [1.54, 1.807) is 22.9 Å². The molecule has 152 valence electrons. The molecule has 2 aromatic carbocycles. The number of carbonyl (C=O) groups is 1. The van der Waals surface area contributed by atoms with Crippen molar-refractivity contribution in [1.29, 1.82) is 0 Å². The molecule has 1 amide bonds. The van der Waals surface area contributed by atoms with Crippen LogP contribution in [0, 0.1) is 6.92 Å². The summed E-state index contributed by atoms with van der Waals surface area (Å²) in [6, 6.07) is 14.7. The molecule has 9 heteroatoms. The summed E-state index contributed by atoms with van der Waals surface area (Å²) in [5, 5.41) is 4.85. The monoisotopic (exact) mass is 466 g/mol. The minimum absolute atomic E-state index is 0.168. The van der Waals surface area contributed by atoms with Crippen LogP contribution in [0.4, 0.5) is 5.95 Å². The van der Waals surface area contributed by atoms with Crippen molar-refractivity contribution in [3.8, 4) is 5.69 Å². The number of benzene rings is 2. The largest absolute Gasteiger partial charge is 0.277 e. The molecule has 0 unspecified atom stereocenters. The van der Waals surface area contributed by atoms with Crippen LogP contribution in [0.1, 0.15) is 23.0 Å². The Labute approximate surface area is 180 Å². The lowest BCUT2D eigenvalue weighted by atomic mass is 10.2. The summed E-state index contributed by atoms with van der Waals surface area (Å²) in [5.41, 5.74) is 7.75. The first-order valence-electron chi connectivity index (χ1n) is 9.36. The highest BCUT2D eigenvalue weighted by atomic mass is 79.9. The Morgan fingerprint density at radius 2 is 1.87 bits per heavy atom. The molecule has 0 spiro atoms. The van der Waals surface area contributed by atoms with Crippen LogP contribution >= 0.6 is 15.9 Å². The smallest absolute Gasteiger partial charge is 0.273 e. The number of amides is 1. The Hall–Kier alpha value is -3.46. The number of rotatable bonds is 5. The van der Waals surface area contributed by atoms with E-state index in [0.29, 0.717) is 28.7 Å². The van der Waals surface area contributed by atoms with Crippen LogP contribution in [-0.4, -0.2) is 25.2 Å². The van der Waals surface area contributed by atoms with E-state index in [0.717, 1.165) is 10.2 Å². The topological polar surface area (TPSA) is 93.8 Å². The van der Waals surface area contributed by atoms with Gasteiger partial charge in [-0.1, -0.05) is 28.1 Å². The lowest BCUT2D eigenvalue weighted by Gasteiger charge is -2.14. The second-order valence-electron chi connectivity index (χ2n) is 6.61. The maximum Gasteiger partial charge on any atom is 0.273 e. The molecule has 0 aliphatic rings. The number of fused-ring (bicyclic) bond motifs is 1. The fraction of sp³-hybridized carbons (Fsp3) is 0.143. The molecule has 0 aliphatic carbocycles. The summed E-state index contributed by atoms with van der Waals surface area (Å²) >= 11 is 3.41. The molecule has 4 aromatic rings. The number of anilines is 1. The van der Waals surface area contributed by atoms with Crippen molar-refractivity contribution in [2.45, 2.75) is 20.4 Å². The van der Waals surface area contributed by atoms with Crippen LogP contribution < -0.4 is 16.4 Å². The molecule has 0 radical (unpaired) electrons. The summed E-state index contributed by atoms with van der Waals surface area (Å²) < 4.78 is 4.13. The Bertz CT molecular complexity index is 1290. The van der Waals surface area contributed by atoms with Gasteiger partial charge in [0.2, 0.25) is 5.95 Å². The van der Waals surface area contributed by atoms with Gasteiger partial charge in [-0.25, -0.2) is 9.67 Å². The highest BCUT2D eigenvalue weighted by molar-refractivity contribution is 9.10. The second-order valence-corrected chi connectivity index (χ2v) is 7.53. The SMILES string of the molecule is CCn1c(NNC(=O)c2cnn(-c3ccc(Br)cc3)c2C)nc2ccccc2c1=O. The lowest BCUT2D eigenvalue weighted by Crippen LogP contribution is -2.34. The second kappa shape index (κ2) is 8.11. The Morgan fingerprint density at radius 1 is 1.13 bits per heavy atom. The summed E-state index contributed by atoms with van der Waals surface area (Å²) in [6.07, 6.45) is 1.51. The van der Waals surface area contributed by atoms with Gasteiger partial charge in [0.15, 0.2) is 0 Å². The number of hydrogen-bond donors (Lipinski definition) is 2. The zero-order valence-corrected chi connectivity index (χ0v) is 18.0. The lowest BCUT2D eigenvalue weighted by molar-refractivity contribution is 0.0961. The van der Waals surface area contributed by atoms with E-state index in [1.165, 1.54) is 10.8 Å². The zero-order valence-electron chi connectivity index (χ0n) is 16.4. The molecule has 2 aromatic heterocycles. The first-order valence-corrected chi connectivity index (χ1v) is 10.2. The standard InChI is InChI=1S/C21H19BrN6O2/c1-3-27-20(30)16-6-4-5-7-18(16)24-21(27)26-25-19(29)17-12-23-28(13(17)2)15-10-8-14(22)9-11-15/h4-12H,3H2,1-2H3,(H,24,26)(H,25,29). The van der Waals surface area contributed by atoms with Gasteiger partial charge in [0.1, 0.15) is 0 Å². The van der Waals surface area contributed by atoms with E-state index in [4.69, 9.17) is 0 Å². The van der Waals surface area contributed by atoms with E-state index in [1.807, 2.05) is 44.2 Å². The molecule has 0 saturated carbocycles. The number of nitrogens with zero attached hydrogens (tertiary/aromatic N) is 4. The van der Waals surface area contributed by atoms with Gasteiger partial charge in [-0.05, 0) is 50.2 Å². The summed E-state index contributed by atoms with van der Waals surface area (Å²) in [4.78, 5) is 29.9. The summed E-state index contributed by atoms with van der Waals surface area (Å²) in [7, 11) is 0. The van der Waals surface area contributed by atoms with E-state index >= 15 is 0 Å². The summed E-state index contributed by atoms with van der Waals surface area (Å²) in [5.74, 6) is -0.103. The van der Waals surface area contributed by atoms with Gasteiger partial charge in [-0.15, -0.1) is 0 Å². The van der Waals surface area contributed by atoms with Crippen LogP contribution in [0.25, 0.3) is 16.6 Å². The van der Waals surface area contributed by atoms with Crippen molar-refractivity contribution in [2.75, 3.05) is 5.43 Å². The van der Waals surface area contributed by atoms with E-state index in [-0.39, 0.29) is 17.4 Å².